The van der Waals surface area contributed by atoms with Crippen molar-refractivity contribution in [1.82, 2.24) is 0 Å². The maximum Gasteiger partial charge on any atom is 0.0873 e. The van der Waals surface area contributed by atoms with Gasteiger partial charge in [-0.1, -0.05) is 33.1 Å². The van der Waals surface area contributed by atoms with Crippen LogP contribution in [0.2, 0.25) is 0 Å². The minimum atomic E-state index is 0.0953. The smallest absolute Gasteiger partial charge is 0.0873 e. The summed E-state index contributed by atoms with van der Waals surface area (Å²) in [6.07, 6.45) is 7.12. The molecule has 0 saturated heterocycles. The first-order valence-corrected chi connectivity index (χ1v) is 7.16. The van der Waals surface area contributed by atoms with E-state index in [1.807, 2.05) is 20.3 Å². The Bertz CT molecular complexity index is 162. The summed E-state index contributed by atoms with van der Waals surface area (Å²) >= 11 is 0. The van der Waals surface area contributed by atoms with Gasteiger partial charge in [-0.25, -0.2) is 0 Å². The van der Waals surface area contributed by atoms with Crippen molar-refractivity contribution in [2.24, 2.45) is 0 Å². The topological polar surface area (TPSA) is 27.7 Å². The molecular formula is C15H30O3. The Morgan fingerprint density at radius 3 is 2.39 bits per heavy atom. The Morgan fingerprint density at radius 2 is 1.72 bits per heavy atom. The molecule has 2 unspecified atom stereocenters. The van der Waals surface area contributed by atoms with Crippen molar-refractivity contribution in [2.45, 2.75) is 65.6 Å². The van der Waals surface area contributed by atoms with Crippen molar-refractivity contribution in [3.05, 3.63) is 13.0 Å². The van der Waals surface area contributed by atoms with Crippen LogP contribution in [0.25, 0.3) is 0 Å². The average molecular weight is 258 g/mol. The third-order valence-electron chi connectivity index (χ3n) is 2.55. The molecule has 2 radical (unpaired) electrons. The van der Waals surface area contributed by atoms with E-state index in [1.165, 1.54) is 19.3 Å². The van der Waals surface area contributed by atoms with E-state index in [4.69, 9.17) is 14.2 Å². The molecule has 0 heterocycles. The molecule has 0 bridgehead atoms. The molecule has 0 N–H and O–H groups in total. The van der Waals surface area contributed by atoms with Crippen LogP contribution in [-0.4, -0.2) is 32.0 Å². The summed E-state index contributed by atoms with van der Waals surface area (Å²) in [4.78, 5) is 0. The van der Waals surface area contributed by atoms with E-state index in [0.717, 1.165) is 13.0 Å². The highest BCUT2D eigenvalue weighted by molar-refractivity contribution is 4.68. The highest BCUT2D eigenvalue weighted by Crippen LogP contribution is 2.02. The van der Waals surface area contributed by atoms with Crippen LogP contribution in [0, 0.1) is 13.0 Å². The monoisotopic (exact) mass is 258 g/mol. The summed E-state index contributed by atoms with van der Waals surface area (Å²) in [6.45, 7) is 12.0. The minimum Gasteiger partial charge on any atom is -0.376 e. The van der Waals surface area contributed by atoms with Crippen LogP contribution < -0.4 is 0 Å². The zero-order chi connectivity index (χ0) is 13.6. The lowest BCUT2D eigenvalue weighted by atomic mass is 10.2. The van der Waals surface area contributed by atoms with E-state index in [2.05, 4.69) is 13.8 Å². The molecule has 0 amide bonds. The molecule has 0 aromatic carbocycles. The van der Waals surface area contributed by atoms with Gasteiger partial charge in [-0.05, 0) is 26.7 Å². The highest BCUT2D eigenvalue weighted by atomic mass is 16.6. The fourth-order valence-corrected chi connectivity index (χ4v) is 1.51. The number of hydrogen-bond acceptors (Lipinski definition) is 3. The van der Waals surface area contributed by atoms with E-state index in [9.17, 15) is 0 Å². The quantitative estimate of drug-likeness (QED) is 0.471. The van der Waals surface area contributed by atoms with Crippen molar-refractivity contribution in [3.8, 4) is 0 Å². The van der Waals surface area contributed by atoms with Gasteiger partial charge < -0.3 is 14.2 Å². The first-order chi connectivity index (χ1) is 8.70. The third kappa shape index (κ3) is 12.3. The van der Waals surface area contributed by atoms with Crippen LogP contribution in [0.4, 0.5) is 0 Å². The predicted octanol–water partition coefficient (Wildman–Crippen LogP) is 3.78. The molecule has 0 aromatic heterocycles. The van der Waals surface area contributed by atoms with Crippen molar-refractivity contribution >= 4 is 0 Å². The van der Waals surface area contributed by atoms with Crippen molar-refractivity contribution in [1.29, 1.82) is 0 Å². The number of unbranched alkanes of at least 4 members (excludes halogenated alkanes) is 3. The lowest BCUT2D eigenvalue weighted by Gasteiger charge is -2.16. The Balaban J connectivity index is 3.28. The Kier molecular flexibility index (Phi) is 13.2. The first kappa shape index (κ1) is 17.9. The van der Waals surface area contributed by atoms with Crippen LogP contribution in [0.15, 0.2) is 0 Å². The molecule has 0 aliphatic rings. The second-order valence-corrected chi connectivity index (χ2v) is 4.70. The van der Waals surface area contributed by atoms with Crippen LogP contribution in [0.3, 0.4) is 0 Å². The fourth-order valence-electron chi connectivity index (χ4n) is 1.51. The van der Waals surface area contributed by atoms with Crippen LogP contribution in [0.1, 0.15) is 53.4 Å². The zero-order valence-electron chi connectivity index (χ0n) is 12.5. The number of rotatable bonds is 13. The van der Waals surface area contributed by atoms with Gasteiger partial charge in [0, 0.05) is 6.61 Å². The summed E-state index contributed by atoms with van der Waals surface area (Å²) in [6, 6.07) is 0. The van der Waals surface area contributed by atoms with E-state index in [1.54, 1.807) is 6.61 Å². The molecule has 0 spiro atoms. The molecule has 3 heteroatoms. The average Bonchev–Trinajstić information content (AvgIpc) is 2.36. The fraction of sp³-hybridized carbons (Fsp3) is 0.867. The molecule has 0 aromatic rings. The first-order valence-electron chi connectivity index (χ1n) is 7.16. The van der Waals surface area contributed by atoms with Gasteiger partial charge in [-0.2, -0.15) is 0 Å². The zero-order valence-corrected chi connectivity index (χ0v) is 12.5. The van der Waals surface area contributed by atoms with Gasteiger partial charge in [-0.3, -0.25) is 0 Å². The number of ether oxygens (including phenoxy) is 3. The summed E-state index contributed by atoms with van der Waals surface area (Å²) in [7, 11) is 0. The summed E-state index contributed by atoms with van der Waals surface area (Å²) in [5, 5.41) is 0. The van der Waals surface area contributed by atoms with Gasteiger partial charge in [0.05, 0.1) is 32.0 Å². The van der Waals surface area contributed by atoms with E-state index >= 15 is 0 Å². The maximum absolute atomic E-state index is 5.67. The molecule has 0 fully saturated rings. The second-order valence-electron chi connectivity index (χ2n) is 4.70. The van der Waals surface area contributed by atoms with Gasteiger partial charge in [0.2, 0.25) is 0 Å². The Labute approximate surface area is 113 Å². The molecule has 3 nitrogen and oxygen atoms in total. The Morgan fingerprint density at radius 1 is 1.00 bits per heavy atom. The standard InChI is InChI=1S/C15H30O3/c1-5-7-8-9-11-18-15(4)13-16-12-14(3)17-10-6-2/h6,10,14-15H,5,7-9,11-13H2,1-4H3. The lowest BCUT2D eigenvalue weighted by Crippen LogP contribution is -2.21. The molecule has 0 rings (SSSR count). The van der Waals surface area contributed by atoms with Gasteiger partial charge in [0.25, 0.3) is 0 Å². The minimum absolute atomic E-state index is 0.0953. The van der Waals surface area contributed by atoms with Crippen molar-refractivity contribution in [2.75, 3.05) is 19.8 Å². The van der Waals surface area contributed by atoms with Gasteiger partial charge in [-0.15, -0.1) is 0 Å². The summed E-state index contributed by atoms with van der Waals surface area (Å²) < 4.78 is 16.6. The van der Waals surface area contributed by atoms with Crippen molar-refractivity contribution in [3.63, 3.8) is 0 Å². The van der Waals surface area contributed by atoms with Crippen LogP contribution >= 0.6 is 0 Å². The second kappa shape index (κ2) is 13.3. The molecule has 18 heavy (non-hydrogen) atoms. The largest absolute Gasteiger partial charge is 0.376 e. The molecule has 2 atom stereocenters. The van der Waals surface area contributed by atoms with Crippen LogP contribution in [0.5, 0.6) is 0 Å². The summed E-state index contributed by atoms with van der Waals surface area (Å²) in [5.41, 5.74) is 0. The third-order valence-corrected chi connectivity index (χ3v) is 2.55. The number of hydrogen-bond donors (Lipinski definition) is 0. The predicted molar refractivity (Wildman–Crippen MR) is 75.2 cm³/mol. The van der Waals surface area contributed by atoms with Gasteiger partial charge in [0.15, 0.2) is 0 Å². The SMILES string of the molecule is C[CH][CH]OC(C)COCC(C)OCCCCCC. The molecule has 108 valence electrons. The van der Waals surface area contributed by atoms with Gasteiger partial charge >= 0.3 is 0 Å². The lowest BCUT2D eigenvalue weighted by molar-refractivity contribution is -0.0356. The highest BCUT2D eigenvalue weighted by Gasteiger charge is 2.05. The summed E-state index contributed by atoms with van der Waals surface area (Å²) in [5.74, 6) is 0. The normalized spacial score (nSPS) is 14.7. The van der Waals surface area contributed by atoms with Gasteiger partial charge in [0.1, 0.15) is 0 Å². The van der Waals surface area contributed by atoms with Crippen molar-refractivity contribution < 1.29 is 14.2 Å². The molecule has 0 aliphatic carbocycles. The van der Waals surface area contributed by atoms with Crippen LogP contribution in [-0.2, 0) is 14.2 Å². The van der Waals surface area contributed by atoms with E-state index in [-0.39, 0.29) is 12.2 Å². The molecule has 0 aliphatic heterocycles. The van der Waals surface area contributed by atoms with E-state index in [0.29, 0.717) is 13.2 Å². The molecular weight excluding hydrogens is 228 g/mol. The van der Waals surface area contributed by atoms with E-state index < -0.39 is 0 Å². The maximum atomic E-state index is 5.67. The molecule has 0 saturated carbocycles. The Hall–Kier alpha value is -0.120.